The molecule has 1 heterocycles. The van der Waals surface area contributed by atoms with Gasteiger partial charge in [0.2, 0.25) is 0 Å². The molecule has 2 N–H and O–H groups in total. The summed E-state index contributed by atoms with van der Waals surface area (Å²) in [5.74, 6) is -0.228. The van der Waals surface area contributed by atoms with Gasteiger partial charge in [-0.05, 0) is 63.9 Å². The molecule has 9 nitrogen and oxygen atoms in total. The number of nitrogens with zero attached hydrogens (tertiary/aromatic N) is 1. The first-order valence-electron chi connectivity index (χ1n) is 10.5. The Bertz CT molecular complexity index is 1100. The summed E-state index contributed by atoms with van der Waals surface area (Å²) in [6.07, 6.45) is -0.994. The van der Waals surface area contributed by atoms with Crippen LogP contribution >= 0.6 is 0 Å². The molecule has 1 fully saturated rings. The molecule has 0 aromatic heterocycles. The smallest absolute Gasteiger partial charge is 0.410 e. The minimum Gasteiger partial charge on any atom is -0.457 e. The number of piperidine rings is 1. The minimum absolute atomic E-state index is 0.0260. The molecule has 1 aliphatic heterocycles. The number of nitrogens with one attached hydrogen (secondary N) is 1. The van der Waals surface area contributed by atoms with E-state index < -0.39 is 32.2 Å². The minimum atomic E-state index is -4.26. The number of hydrogen-bond acceptors (Lipinski definition) is 7. The summed E-state index contributed by atoms with van der Waals surface area (Å²) >= 11 is 0. The van der Waals surface area contributed by atoms with Crippen LogP contribution in [0.1, 0.15) is 33.6 Å². The van der Waals surface area contributed by atoms with Gasteiger partial charge in [-0.3, -0.25) is 10.0 Å². The van der Waals surface area contributed by atoms with Gasteiger partial charge >= 0.3 is 6.09 Å². The molecule has 2 aromatic carbocycles. The van der Waals surface area contributed by atoms with Gasteiger partial charge in [0.1, 0.15) is 17.1 Å². The SMILES string of the molecule is CC(C)(C)OC(=O)N1CCC(C(=O)NO)(S(=O)(=O)c2cccc(Oc3ccccc3)c2)CC1. The van der Waals surface area contributed by atoms with Crippen LogP contribution in [0.5, 0.6) is 11.5 Å². The van der Waals surface area contributed by atoms with E-state index in [2.05, 4.69) is 0 Å². The molecule has 33 heavy (non-hydrogen) atoms. The van der Waals surface area contributed by atoms with Crippen LogP contribution in [0.4, 0.5) is 4.79 Å². The summed E-state index contributed by atoms with van der Waals surface area (Å²) in [7, 11) is -4.26. The maximum atomic E-state index is 13.7. The van der Waals surface area contributed by atoms with Crippen LogP contribution in [0.3, 0.4) is 0 Å². The largest absolute Gasteiger partial charge is 0.457 e. The van der Waals surface area contributed by atoms with Gasteiger partial charge in [0.15, 0.2) is 14.6 Å². The number of likely N-dealkylation sites (tertiary alicyclic amines) is 1. The quantitative estimate of drug-likeness (QED) is 0.500. The highest BCUT2D eigenvalue weighted by Gasteiger charge is 2.53. The topological polar surface area (TPSA) is 122 Å². The predicted octanol–water partition coefficient (Wildman–Crippen LogP) is 3.53. The Hall–Kier alpha value is -3.11. The highest BCUT2D eigenvalue weighted by atomic mass is 32.2. The maximum absolute atomic E-state index is 13.7. The van der Waals surface area contributed by atoms with Crippen molar-refractivity contribution >= 4 is 21.8 Å². The number of carbonyl (C=O) groups excluding carboxylic acids is 2. The van der Waals surface area contributed by atoms with Crippen molar-refractivity contribution < 1.29 is 32.7 Å². The number of carbonyl (C=O) groups is 2. The van der Waals surface area contributed by atoms with E-state index in [-0.39, 0.29) is 36.6 Å². The van der Waals surface area contributed by atoms with E-state index in [4.69, 9.17) is 9.47 Å². The number of benzene rings is 2. The molecule has 0 atom stereocenters. The summed E-state index contributed by atoms with van der Waals surface area (Å²) in [5.41, 5.74) is 0.795. The first-order valence-corrected chi connectivity index (χ1v) is 12.0. The molecule has 0 spiro atoms. The van der Waals surface area contributed by atoms with E-state index >= 15 is 0 Å². The monoisotopic (exact) mass is 476 g/mol. The van der Waals surface area contributed by atoms with Crippen molar-refractivity contribution in [3.8, 4) is 11.5 Å². The van der Waals surface area contributed by atoms with Crippen LogP contribution in [0, 0.1) is 0 Å². The Morgan fingerprint density at radius 3 is 2.18 bits per heavy atom. The summed E-state index contributed by atoms with van der Waals surface area (Å²) in [5, 5.41) is 9.35. The summed E-state index contributed by atoms with van der Waals surface area (Å²) < 4.78 is 36.4. The molecule has 2 aromatic rings. The highest BCUT2D eigenvalue weighted by Crippen LogP contribution is 2.37. The van der Waals surface area contributed by atoms with E-state index in [0.717, 1.165) is 0 Å². The van der Waals surface area contributed by atoms with E-state index in [1.807, 2.05) is 6.07 Å². The second-order valence-corrected chi connectivity index (χ2v) is 11.1. The lowest BCUT2D eigenvalue weighted by molar-refractivity contribution is -0.133. The number of rotatable bonds is 5. The number of hydrogen-bond donors (Lipinski definition) is 2. The number of sulfone groups is 1. The van der Waals surface area contributed by atoms with Gasteiger partial charge < -0.3 is 14.4 Å². The average Bonchev–Trinajstić information content (AvgIpc) is 2.78. The molecule has 0 saturated carbocycles. The summed E-state index contributed by atoms with van der Waals surface area (Å²) in [4.78, 5) is 26.3. The number of amides is 2. The zero-order chi connectivity index (χ0) is 24.3. The molecular weight excluding hydrogens is 448 g/mol. The Morgan fingerprint density at radius 2 is 1.61 bits per heavy atom. The fourth-order valence-electron chi connectivity index (χ4n) is 3.65. The van der Waals surface area contributed by atoms with Crippen LogP contribution in [0.25, 0.3) is 0 Å². The van der Waals surface area contributed by atoms with Crippen molar-refractivity contribution in [1.29, 1.82) is 0 Å². The zero-order valence-corrected chi connectivity index (χ0v) is 19.6. The van der Waals surface area contributed by atoms with Crippen molar-refractivity contribution in [2.24, 2.45) is 0 Å². The first-order chi connectivity index (χ1) is 15.5. The van der Waals surface area contributed by atoms with Gasteiger partial charge in [0.05, 0.1) is 4.90 Å². The van der Waals surface area contributed by atoms with Crippen LogP contribution in [-0.2, 0) is 19.4 Å². The van der Waals surface area contributed by atoms with Crippen molar-refractivity contribution in [3.05, 3.63) is 54.6 Å². The third-order valence-electron chi connectivity index (χ3n) is 5.35. The van der Waals surface area contributed by atoms with Crippen molar-refractivity contribution in [2.75, 3.05) is 13.1 Å². The summed E-state index contributed by atoms with van der Waals surface area (Å²) in [6.45, 7) is 5.14. The Morgan fingerprint density at radius 1 is 1.00 bits per heavy atom. The molecule has 1 saturated heterocycles. The van der Waals surface area contributed by atoms with Gasteiger partial charge in [0.25, 0.3) is 5.91 Å². The molecular formula is C23H28N2O7S. The second kappa shape index (κ2) is 9.40. The zero-order valence-electron chi connectivity index (χ0n) is 18.8. The van der Waals surface area contributed by atoms with Gasteiger partial charge in [0, 0.05) is 13.1 Å². The van der Waals surface area contributed by atoms with Crippen molar-refractivity contribution in [3.63, 3.8) is 0 Å². The molecule has 178 valence electrons. The average molecular weight is 477 g/mol. The molecule has 0 aliphatic carbocycles. The van der Waals surface area contributed by atoms with E-state index in [9.17, 15) is 23.2 Å². The molecule has 0 unspecified atom stereocenters. The molecule has 0 bridgehead atoms. The first kappa shape index (κ1) is 24.5. The molecule has 2 amide bonds. The standard InChI is InChI=1S/C23H28N2O7S/c1-22(2,3)32-21(27)25-14-12-23(13-15-25,20(26)24-28)33(29,30)19-11-7-10-18(16-19)31-17-8-5-4-6-9-17/h4-11,16,28H,12-15H2,1-3H3,(H,24,26). The lowest BCUT2D eigenvalue weighted by atomic mass is 9.95. The van der Waals surface area contributed by atoms with Crippen molar-refractivity contribution in [2.45, 2.75) is 48.9 Å². The van der Waals surface area contributed by atoms with Crippen LogP contribution in [0.2, 0.25) is 0 Å². The van der Waals surface area contributed by atoms with Crippen LogP contribution in [0.15, 0.2) is 59.5 Å². The maximum Gasteiger partial charge on any atom is 0.410 e. The fraction of sp³-hybridized carbons (Fsp3) is 0.391. The number of ether oxygens (including phenoxy) is 2. The third-order valence-corrected chi connectivity index (χ3v) is 7.84. The normalized spacial score (nSPS) is 16.1. The predicted molar refractivity (Wildman–Crippen MR) is 120 cm³/mol. The van der Waals surface area contributed by atoms with Gasteiger partial charge in [-0.2, -0.15) is 0 Å². The lowest BCUT2D eigenvalue weighted by Crippen LogP contribution is -2.58. The molecule has 0 radical (unpaired) electrons. The Labute approximate surface area is 193 Å². The third kappa shape index (κ3) is 5.28. The fourth-order valence-corrected chi connectivity index (χ4v) is 5.64. The molecule has 1 aliphatic rings. The van der Waals surface area contributed by atoms with Gasteiger partial charge in [-0.25, -0.2) is 18.7 Å². The molecule has 10 heteroatoms. The van der Waals surface area contributed by atoms with Crippen LogP contribution < -0.4 is 10.2 Å². The van der Waals surface area contributed by atoms with Gasteiger partial charge in [-0.15, -0.1) is 0 Å². The van der Waals surface area contributed by atoms with E-state index in [0.29, 0.717) is 5.75 Å². The number of hydroxylamine groups is 1. The molecule has 3 rings (SSSR count). The number of para-hydroxylation sites is 1. The summed E-state index contributed by atoms with van der Waals surface area (Å²) in [6, 6.07) is 14.7. The Kier molecular flexibility index (Phi) is 6.99. The van der Waals surface area contributed by atoms with Crippen LogP contribution in [-0.4, -0.2) is 54.0 Å². The van der Waals surface area contributed by atoms with E-state index in [1.54, 1.807) is 51.1 Å². The highest BCUT2D eigenvalue weighted by molar-refractivity contribution is 7.93. The second-order valence-electron chi connectivity index (χ2n) is 8.80. The van der Waals surface area contributed by atoms with Gasteiger partial charge in [-0.1, -0.05) is 24.3 Å². The van der Waals surface area contributed by atoms with Crippen molar-refractivity contribution in [1.82, 2.24) is 10.4 Å². The van der Waals surface area contributed by atoms with E-state index in [1.165, 1.54) is 28.6 Å². The lowest BCUT2D eigenvalue weighted by Gasteiger charge is -2.39. The Balaban J connectivity index is 1.88.